The van der Waals surface area contributed by atoms with Gasteiger partial charge in [0.05, 0.1) is 21.2 Å². The minimum Gasteiger partial charge on any atom is -0.328 e. The molecule has 4 N–H and O–H groups in total. The van der Waals surface area contributed by atoms with Crippen molar-refractivity contribution in [1.29, 1.82) is 0 Å². The lowest BCUT2D eigenvalue weighted by Gasteiger charge is -2.40. The number of aromatic nitrogens is 2. The molecule has 0 fully saturated rings. The number of thiophene rings is 1. The van der Waals surface area contributed by atoms with Crippen molar-refractivity contribution >= 4 is 38.9 Å². The fraction of sp³-hybridized carbons (Fsp3) is 0.273. The van der Waals surface area contributed by atoms with Crippen LogP contribution in [0, 0.1) is 0 Å². The largest absolute Gasteiger partial charge is 0.328 e. The van der Waals surface area contributed by atoms with Crippen LogP contribution in [0.5, 0.6) is 0 Å². The molecule has 8 heteroatoms. The minimum absolute atomic E-state index is 0.109. The quantitative estimate of drug-likeness (QED) is 0.693. The van der Waals surface area contributed by atoms with Gasteiger partial charge >= 0.3 is 0 Å². The molecule has 1 amide bonds. The molecule has 3 rings (SSSR count). The summed E-state index contributed by atoms with van der Waals surface area (Å²) in [6.45, 7) is 3.71. The van der Waals surface area contributed by atoms with Crippen LogP contribution >= 0.6 is 27.3 Å². The SMILES string of the molecule is CC1(C)NC(=O)c2sc(-c3cn[nH]c3)c(Br)c2N1N. The predicted molar refractivity (Wildman–Crippen MR) is 77.8 cm³/mol. The van der Waals surface area contributed by atoms with Gasteiger partial charge in [0.25, 0.3) is 5.91 Å². The number of nitrogens with two attached hydrogens (primary N) is 1. The highest BCUT2D eigenvalue weighted by atomic mass is 79.9. The summed E-state index contributed by atoms with van der Waals surface area (Å²) in [6.07, 6.45) is 3.50. The Morgan fingerprint density at radius 2 is 2.21 bits per heavy atom. The number of carbonyl (C=O) groups excluding carboxylic acids is 1. The van der Waals surface area contributed by atoms with Crippen LogP contribution in [-0.2, 0) is 0 Å². The Morgan fingerprint density at radius 3 is 2.84 bits per heavy atom. The normalized spacial score (nSPS) is 17.3. The second-order valence-corrected chi connectivity index (χ2v) is 6.61. The van der Waals surface area contributed by atoms with Crippen LogP contribution in [0.4, 0.5) is 5.69 Å². The number of nitrogens with zero attached hydrogens (tertiary/aromatic N) is 2. The van der Waals surface area contributed by atoms with E-state index in [0.29, 0.717) is 4.88 Å². The van der Waals surface area contributed by atoms with Crippen molar-refractivity contribution < 1.29 is 4.79 Å². The molecule has 0 aromatic carbocycles. The zero-order valence-corrected chi connectivity index (χ0v) is 12.7. The van der Waals surface area contributed by atoms with Crippen molar-refractivity contribution in [3.05, 3.63) is 21.7 Å². The summed E-state index contributed by atoms with van der Waals surface area (Å²) in [5.41, 5.74) is 1.02. The topological polar surface area (TPSA) is 87.0 Å². The number of carbonyl (C=O) groups is 1. The highest BCUT2D eigenvalue weighted by Gasteiger charge is 2.39. The molecule has 1 aliphatic heterocycles. The van der Waals surface area contributed by atoms with E-state index in [1.807, 2.05) is 13.8 Å². The lowest BCUT2D eigenvalue weighted by molar-refractivity contribution is 0.0902. The second-order valence-electron chi connectivity index (χ2n) is 4.79. The van der Waals surface area contributed by atoms with Crippen LogP contribution in [0.2, 0.25) is 0 Å². The molecule has 3 heterocycles. The average Bonchev–Trinajstić information content (AvgIpc) is 2.93. The molecule has 2 aromatic rings. The number of rotatable bonds is 1. The number of halogens is 1. The molecule has 0 bridgehead atoms. The van der Waals surface area contributed by atoms with Gasteiger partial charge in [0.1, 0.15) is 10.5 Å². The van der Waals surface area contributed by atoms with Crippen LogP contribution in [0.25, 0.3) is 10.4 Å². The van der Waals surface area contributed by atoms with Crippen molar-refractivity contribution in [3.63, 3.8) is 0 Å². The monoisotopic (exact) mass is 341 g/mol. The molecule has 0 unspecified atom stereocenters. The Hall–Kier alpha value is -1.38. The summed E-state index contributed by atoms with van der Waals surface area (Å²) >= 11 is 4.94. The van der Waals surface area contributed by atoms with Crippen molar-refractivity contribution in [2.45, 2.75) is 19.5 Å². The van der Waals surface area contributed by atoms with Gasteiger partial charge in [-0.3, -0.25) is 14.9 Å². The molecule has 100 valence electrons. The first-order valence-corrected chi connectivity index (χ1v) is 7.21. The third-order valence-electron chi connectivity index (χ3n) is 3.06. The Labute approximate surface area is 122 Å². The first kappa shape index (κ1) is 12.6. The number of anilines is 1. The molecule has 0 atom stereocenters. The summed E-state index contributed by atoms with van der Waals surface area (Å²) in [6, 6.07) is 0. The highest BCUT2D eigenvalue weighted by Crippen LogP contribution is 2.47. The molecule has 19 heavy (non-hydrogen) atoms. The van der Waals surface area contributed by atoms with Gasteiger partial charge in [-0.2, -0.15) is 5.10 Å². The number of hydrazine groups is 1. The predicted octanol–water partition coefficient (Wildman–Crippen LogP) is 2.06. The standard InChI is InChI=1S/C11H12BrN5OS/c1-11(2)16-10(18)9-7(17(11)13)6(12)8(19-9)5-3-14-15-4-5/h3-4H,13H2,1-2H3,(H,14,15)(H,16,18). The van der Waals surface area contributed by atoms with Crippen LogP contribution in [0.15, 0.2) is 16.9 Å². The van der Waals surface area contributed by atoms with E-state index in [0.717, 1.165) is 20.6 Å². The maximum atomic E-state index is 12.2. The molecule has 0 saturated carbocycles. The Morgan fingerprint density at radius 1 is 1.47 bits per heavy atom. The first-order chi connectivity index (χ1) is 8.92. The molecular weight excluding hydrogens is 330 g/mol. The summed E-state index contributed by atoms with van der Waals surface area (Å²) in [5, 5.41) is 11.1. The van der Waals surface area contributed by atoms with Gasteiger partial charge in [-0.1, -0.05) is 0 Å². The van der Waals surface area contributed by atoms with Crippen molar-refractivity contribution in [2.24, 2.45) is 5.84 Å². The zero-order chi connectivity index (χ0) is 13.8. The van der Waals surface area contributed by atoms with Crippen molar-refractivity contribution in [1.82, 2.24) is 15.5 Å². The first-order valence-electron chi connectivity index (χ1n) is 5.60. The number of hydrogen-bond acceptors (Lipinski definition) is 5. The average molecular weight is 342 g/mol. The van der Waals surface area contributed by atoms with Gasteiger partial charge in [-0.25, -0.2) is 5.84 Å². The van der Waals surface area contributed by atoms with E-state index in [1.54, 1.807) is 17.4 Å². The molecular formula is C11H12BrN5OS. The lowest BCUT2D eigenvalue weighted by atomic mass is 10.1. The van der Waals surface area contributed by atoms with Gasteiger partial charge in [0.15, 0.2) is 0 Å². The number of H-pyrrole nitrogens is 1. The Balaban J connectivity index is 2.21. The number of hydrogen-bond donors (Lipinski definition) is 3. The molecule has 6 nitrogen and oxygen atoms in total. The number of amides is 1. The number of nitrogens with one attached hydrogen (secondary N) is 2. The maximum absolute atomic E-state index is 12.2. The van der Waals surface area contributed by atoms with Crippen molar-refractivity contribution in [3.8, 4) is 10.4 Å². The fourth-order valence-corrected chi connectivity index (χ4v) is 4.06. The van der Waals surface area contributed by atoms with Gasteiger partial charge in [-0.05, 0) is 29.8 Å². The minimum atomic E-state index is -0.624. The van der Waals surface area contributed by atoms with E-state index in [2.05, 4.69) is 31.4 Å². The van der Waals surface area contributed by atoms with E-state index in [9.17, 15) is 4.79 Å². The van der Waals surface area contributed by atoms with Gasteiger partial charge in [0, 0.05) is 11.8 Å². The number of fused-ring (bicyclic) bond motifs is 1. The van der Waals surface area contributed by atoms with E-state index in [-0.39, 0.29) is 5.91 Å². The molecule has 0 radical (unpaired) electrons. The smallest absolute Gasteiger partial charge is 0.265 e. The summed E-state index contributed by atoms with van der Waals surface area (Å²) < 4.78 is 0.819. The molecule has 1 aliphatic rings. The van der Waals surface area contributed by atoms with Crippen LogP contribution in [-0.4, -0.2) is 21.8 Å². The number of aromatic amines is 1. The van der Waals surface area contributed by atoms with E-state index in [4.69, 9.17) is 5.84 Å². The Kier molecular flexibility index (Phi) is 2.70. The molecule has 2 aromatic heterocycles. The highest BCUT2D eigenvalue weighted by molar-refractivity contribution is 9.10. The second kappa shape index (κ2) is 4.06. The summed E-state index contributed by atoms with van der Waals surface area (Å²) in [5.74, 6) is 6.02. The molecule has 0 saturated heterocycles. The lowest BCUT2D eigenvalue weighted by Crippen LogP contribution is -2.63. The van der Waals surface area contributed by atoms with Crippen LogP contribution in [0.3, 0.4) is 0 Å². The zero-order valence-electron chi connectivity index (χ0n) is 10.3. The van der Waals surface area contributed by atoms with Crippen LogP contribution in [0.1, 0.15) is 23.5 Å². The van der Waals surface area contributed by atoms with Crippen molar-refractivity contribution in [2.75, 3.05) is 5.01 Å². The fourth-order valence-electron chi connectivity index (χ4n) is 2.01. The van der Waals surface area contributed by atoms with Gasteiger partial charge in [0.2, 0.25) is 0 Å². The van der Waals surface area contributed by atoms with Gasteiger partial charge < -0.3 is 5.32 Å². The summed E-state index contributed by atoms with van der Waals surface area (Å²) in [7, 11) is 0. The summed E-state index contributed by atoms with van der Waals surface area (Å²) in [4.78, 5) is 13.7. The molecule has 0 spiro atoms. The van der Waals surface area contributed by atoms with E-state index >= 15 is 0 Å². The van der Waals surface area contributed by atoms with Gasteiger partial charge in [-0.15, -0.1) is 11.3 Å². The third-order valence-corrected chi connectivity index (χ3v) is 5.32. The maximum Gasteiger partial charge on any atom is 0.265 e. The van der Waals surface area contributed by atoms with Crippen LogP contribution < -0.4 is 16.2 Å². The Bertz CT molecular complexity index is 648. The van der Waals surface area contributed by atoms with E-state index < -0.39 is 5.66 Å². The molecule has 0 aliphatic carbocycles. The van der Waals surface area contributed by atoms with E-state index in [1.165, 1.54) is 11.3 Å². The third kappa shape index (κ3) is 1.78.